The Labute approximate surface area is 107 Å². The lowest BCUT2D eigenvalue weighted by Crippen LogP contribution is -2.11. The molecule has 0 spiro atoms. The summed E-state index contributed by atoms with van der Waals surface area (Å²) in [6.45, 7) is 2.25. The highest BCUT2D eigenvalue weighted by Gasteiger charge is 2.20. The molecule has 1 aliphatic heterocycles. The summed E-state index contributed by atoms with van der Waals surface area (Å²) in [5, 5.41) is 1.39. The molecule has 0 saturated carbocycles. The van der Waals surface area contributed by atoms with Gasteiger partial charge in [-0.15, -0.1) is 0 Å². The van der Waals surface area contributed by atoms with Gasteiger partial charge in [-0.2, -0.15) is 0 Å². The van der Waals surface area contributed by atoms with E-state index in [1.54, 1.807) is 0 Å². The largest absolute Gasteiger partial charge is 0.313 e. The lowest BCUT2D eigenvalue weighted by Gasteiger charge is -2.20. The molecule has 18 heavy (non-hydrogen) atoms. The molecular weight excluding hydrogens is 218 g/mol. The van der Waals surface area contributed by atoms with Crippen molar-refractivity contribution in [1.82, 2.24) is 4.57 Å². The van der Waals surface area contributed by atoms with Crippen molar-refractivity contribution in [2.45, 2.75) is 19.8 Å². The van der Waals surface area contributed by atoms with Crippen LogP contribution in [-0.4, -0.2) is 4.57 Å². The molecular formula is C17H15N. The minimum atomic E-state index is 1.15. The summed E-state index contributed by atoms with van der Waals surface area (Å²) < 4.78 is 2.45. The molecule has 0 bridgehead atoms. The number of hydrogen-bond acceptors (Lipinski definition) is 0. The predicted octanol–water partition coefficient (Wildman–Crippen LogP) is 4.04. The van der Waals surface area contributed by atoms with Gasteiger partial charge in [-0.1, -0.05) is 36.4 Å². The summed E-state index contributed by atoms with van der Waals surface area (Å²) in [6, 6.07) is 17.5. The Hall–Kier alpha value is -2.02. The van der Waals surface area contributed by atoms with Gasteiger partial charge in [0.05, 0.1) is 5.52 Å². The van der Waals surface area contributed by atoms with Crippen molar-refractivity contribution in [3.8, 4) is 5.69 Å². The summed E-state index contributed by atoms with van der Waals surface area (Å²) in [5.41, 5.74) is 7.10. The van der Waals surface area contributed by atoms with Crippen LogP contribution in [0.2, 0.25) is 0 Å². The molecule has 0 fully saturated rings. The first-order chi connectivity index (χ1) is 8.86. The normalized spacial score (nSPS) is 13.4. The highest BCUT2D eigenvalue weighted by Crippen LogP contribution is 2.34. The van der Waals surface area contributed by atoms with Crippen LogP contribution >= 0.6 is 0 Å². The van der Waals surface area contributed by atoms with E-state index in [0.717, 1.165) is 12.8 Å². The summed E-state index contributed by atoms with van der Waals surface area (Å²) >= 11 is 0. The Morgan fingerprint density at radius 1 is 0.889 bits per heavy atom. The number of nitrogens with zero attached hydrogens (tertiary/aromatic N) is 1. The molecule has 3 aromatic rings. The minimum Gasteiger partial charge on any atom is -0.313 e. The van der Waals surface area contributed by atoms with E-state index in [9.17, 15) is 0 Å². The molecule has 0 saturated heterocycles. The van der Waals surface area contributed by atoms with Crippen LogP contribution in [0.3, 0.4) is 0 Å². The standard InChI is InChI=1S/C17H15N/c1-12-14-7-3-5-9-17(14)18-15(12)11-10-13-6-2-4-8-16(13)18/h2-9H,10-11H2,1H3. The molecule has 1 heteroatoms. The lowest BCUT2D eigenvalue weighted by molar-refractivity contribution is 0.814. The van der Waals surface area contributed by atoms with Crippen molar-refractivity contribution in [2.75, 3.05) is 0 Å². The van der Waals surface area contributed by atoms with Crippen molar-refractivity contribution in [2.24, 2.45) is 0 Å². The molecule has 1 aliphatic rings. The molecule has 1 nitrogen and oxygen atoms in total. The number of aromatic nitrogens is 1. The smallest absolute Gasteiger partial charge is 0.0534 e. The van der Waals surface area contributed by atoms with E-state index in [4.69, 9.17) is 0 Å². The van der Waals surface area contributed by atoms with Crippen LogP contribution in [0.4, 0.5) is 0 Å². The van der Waals surface area contributed by atoms with Crippen molar-refractivity contribution >= 4 is 10.9 Å². The van der Waals surface area contributed by atoms with E-state index >= 15 is 0 Å². The molecule has 2 heterocycles. The second-order valence-corrected chi connectivity index (χ2v) is 5.05. The van der Waals surface area contributed by atoms with Crippen LogP contribution in [0.25, 0.3) is 16.6 Å². The Morgan fingerprint density at radius 3 is 2.61 bits per heavy atom. The van der Waals surface area contributed by atoms with Crippen molar-refractivity contribution in [3.05, 3.63) is 65.4 Å². The van der Waals surface area contributed by atoms with Crippen LogP contribution in [0, 0.1) is 6.92 Å². The van der Waals surface area contributed by atoms with Crippen LogP contribution in [0.1, 0.15) is 16.8 Å². The van der Waals surface area contributed by atoms with E-state index in [1.165, 1.54) is 33.4 Å². The maximum atomic E-state index is 2.45. The number of fused-ring (bicyclic) bond motifs is 5. The first-order valence-corrected chi connectivity index (χ1v) is 6.53. The highest BCUT2D eigenvalue weighted by molar-refractivity contribution is 5.87. The summed E-state index contributed by atoms with van der Waals surface area (Å²) in [7, 11) is 0. The third kappa shape index (κ3) is 1.16. The Morgan fingerprint density at radius 2 is 1.67 bits per heavy atom. The monoisotopic (exact) mass is 233 g/mol. The average Bonchev–Trinajstić information content (AvgIpc) is 2.73. The molecule has 0 amide bonds. The lowest BCUT2D eigenvalue weighted by atomic mass is 10.0. The van der Waals surface area contributed by atoms with Crippen LogP contribution in [0.15, 0.2) is 48.5 Å². The van der Waals surface area contributed by atoms with Crippen LogP contribution in [-0.2, 0) is 12.8 Å². The Balaban J connectivity index is 2.18. The number of rotatable bonds is 0. The second-order valence-electron chi connectivity index (χ2n) is 5.05. The van der Waals surface area contributed by atoms with Crippen molar-refractivity contribution in [1.29, 1.82) is 0 Å². The molecule has 4 rings (SSSR count). The highest BCUT2D eigenvalue weighted by atomic mass is 15.0. The first kappa shape index (κ1) is 9.95. The van der Waals surface area contributed by atoms with Crippen molar-refractivity contribution in [3.63, 3.8) is 0 Å². The average molecular weight is 233 g/mol. The van der Waals surface area contributed by atoms with Gasteiger partial charge in [0.1, 0.15) is 0 Å². The Kier molecular flexibility index (Phi) is 1.93. The number of aryl methyl sites for hydroxylation is 2. The summed E-state index contributed by atoms with van der Waals surface area (Å²) in [5.74, 6) is 0. The van der Waals surface area contributed by atoms with E-state index in [-0.39, 0.29) is 0 Å². The molecule has 0 N–H and O–H groups in total. The molecule has 0 unspecified atom stereocenters. The quantitative estimate of drug-likeness (QED) is 0.552. The molecule has 88 valence electrons. The van der Waals surface area contributed by atoms with Gasteiger partial charge < -0.3 is 4.57 Å². The van der Waals surface area contributed by atoms with E-state index in [0.29, 0.717) is 0 Å². The van der Waals surface area contributed by atoms with Gasteiger partial charge in [-0.05, 0) is 43.0 Å². The van der Waals surface area contributed by atoms with Gasteiger partial charge in [0.25, 0.3) is 0 Å². The SMILES string of the molecule is Cc1c2n(c3ccccc13)-c1ccccc1CC2. The fourth-order valence-electron chi connectivity index (χ4n) is 3.22. The molecule has 0 atom stereocenters. The van der Waals surface area contributed by atoms with E-state index in [2.05, 4.69) is 60.0 Å². The Bertz CT molecular complexity index is 749. The van der Waals surface area contributed by atoms with Gasteiger partial charge in [-0.3, -0.25) is 0 Å². The molecule has 0 radical (unpaired) electrons. The summed E-state index contributed by atoms with van der Waals surface area (Å²) in [4.78, 5) is 0. The number of benzene rings is 2. The number of hydrogen-bond donors (Lipinski definition) is 0. The molecule has 2 aromatic carbocycles. The topological polar surface area (TPSA) is 4.93 Å². The minimum absolute atomic E-state index is 1.15. The maximum absolute atomic E-state index is 2.45. The van der Waals surface area contributed by atoms with Crippen molar-refractivity contribution < 1.29 is 0 Å². The zero-order valence-corrected chi connectivity index (χ0v) is 10.5. The second kappa shape index (κ2) is 3.49. The molecule has 0 aliphatic carbocycles. The third-order valence-corrected chi connectivity index (χ3v) is 4.12. The van der Waals surface area contributed by atoms with Crippen LogP contribution in [0.5, 0.6) is 0 Å². The van der Waals surface area contributed by atoms with Gasteiger partial charge >= 0.3 is 0 Å². The van der Waals surface area contributed by atoms with E-state index in [1.807, 2.05) is 0 Å². The zero-order chi connectivity index (χ0) is 12.1. The summed E-state index contributed by atoms with van der Waals surface area (Å²) in [6.07, 6.45) is 2.31. The fraction of sp³-hybridized carbons (Fsp3) is 0.176. The fourth-order valence-corrected chi connectivity index (χ4v) is 3.22. The number of para-hydroxylation sites is 2. The zero-order valence-electron chi connectivity index (χ0n) is 10.5. The molecule has 1 aromatic heterocycles. The first-order valence-electron chi connectivity index (χ1n) is 6.53. The predicted molar refractivity (Wildman–Crippen MR) is 75.4 cm³/mol. The maximum Gasteiger partial charge on any atom is 0.0534 e. The van der Waals surface area contributed by atoms with Gasteiger partial charge in [0.15, 0.2) is 0 Å². The van der Waals surface area contributed by atoms with Gasteiger partial charge in [0.2, 0.25) is 0 Å². The van der Waals surface area contributed by atoms with E-state index < -0.39 is 0 Å². The van der Waals surface area contributed by atoms with Crippen LogP contribution < -0.4 is 0 Å². The third-order valence-electron chi connectivity index (χ3n) is 4.12. The van der Waals surface area contributed by atoms with Gasteiger partial charge in [0, 0.05) is 16.8 Å². The van der Waals surface area contributed by atoms with Gasteiger partial charge in [-0.25, -0.2) is 0 Å².